The molecule has 5 heteroatoms. The summed E-state index contributed by atoms with van der Waals surface area (Å²) in [6.45, 7) is 4.59. The van der Waals surface area contributed by atoms with E-state index in [1.807, 2.05) is 36.0 Å². The van der Waals surface area contributed by atoms with Crippen LogP contribution in [0.4, 0.5) is 0 Å². The quantitative estimate of drug-likeness (QED) is 0.503. The lowest BCUT2D eigenvalue weighted by Gasteiger charge is -2.03. The van der Waals surface area contributed by atoms with E-state index in [0.717, 1.165) is 38.9 Å². The molecule has 2 aromatic rings. The number of aryl methyl sites for hydroxylation is 1. The summed E-state index contributed by atoms with van der Waals surface area (Å²) in [5.41, 5.74) is 2.11. The summed E-state index contributed by atoms with van der Waals surface area (Å²) < 4.78 is 2.84. The number of nitrogens with one attached hydrogen (secondary N) is 1. The van der Waals surface area contributed by atoms with Crippen LogP contribution in [0.15, 0.2) is 30.9 Å². The number of aromatic amines is 1. The van der Waals surface area contributed by atoms with Crippen molar-refractivity contribution in [1.29, 1.82) is 0 Å². The summed E-state index contributed by atoms with van der Waals surface area (Å²) in [5, 5.41) is 0.735. The molecule has 0 aliphatic rings. The summed E-state index contributed by atoms with van der Waals surface area (Å²) in [6.07, 6.45) is 1.91. The number of halogens is 1. The second-order valence-corrected chi connectivity index (χ2v) is 5.58. The fourth-order valence-electron chi connectivity index (χ4n) is 1.67. The van der Waals surface area contributed by atoms with Gasteiger partial charge in [0.2, 0.25) is 0 Å². The van der Waals surface area contributed by atoms with Crippen molar-refractivity contribution < 1.29 is 0 Å². The standard InChI is InChI=1S/C12H13ClN2S2/c1-2-6-17-7-5-15-11-8-9(13)3-4-10(11)14-12(15)16/h2-4,8H,1,5-7H2,(H,14,16). The third kappa shape index (κ3) is 2.94. The molecule has 0 aliphatic carbocycles. The molecule has 0 saturated carbocycles. The fraction of sp³-hybridized carbons (Fsp3) is 0.250. The van der Waals surface area contributed by atoms with Gasteiger partial charge in [0, 0.05) is 23.1 Å². The van der Waals surface area contributed by atoms with E-state index < -0.39 is 0 Å². The van der Waals surface area contributed by atoms with E-state index in [0.29, 0.717) is 0 Å². The highest BCUT2D eigenvalue weighted by Crippen LogP contribution is 2.19. The van der Waals surface area contributed by atoms with Crippen molar-refractivity contribution in [2.45, 2.75) is 6.54 Å². The van der Waals surface area contributed by atoms with Crippen molar-refractivity contribution in [3.63, 3.8) is 0 Å². The van der Waals surface area contributed by atoms with Crippen molar-refractivity contribution in [1.82, 2.24) is 9.55 Å². The average molecular weight is 285 g/mol. The highest BCUT2D eigenvalue weighted by Gasteiger charge is 2.04. The van der Waals surface area contributed by atoms with Crippen molar-refractivity contribution in [3.05, 3.63) is 40.6 Å². The van der Waals surface area contributed by atoms with Gasteiger partial charge in [0.1, 0.15) is 0 Å². The predicted molar refractivity (Wildman–Crippen MR) is 79.7 cm³/mol. The number of rotatable bonds is 5. The zero-order chi connectivity index (χ0) is 12.3. The van der Waals surface area contributed by atoms with Gasteiger partial charge >= 0.3 is 0 Å². The molecular formula is C12H13ClN2S2. The minimum absolute atomic E-state index is 0.735. The van der Waals surface area contributed by atoms with Crippen molar-refractivity contribution in [2.75, 3.05) is 11.5 Å². The molecule has 0 fully saturated rings. The SMILES string of the molecule is C=CCSCCn1c(=S)[nH]c2ccc(Cl)cc21. The highest BCUT2D eigenvalue weighted by molar-refractivity contribution is 7.99. The molecule has 0 atom stereocenters. The van der Waals surface area contributed by atoms with Crippen LogP contribution in [0.3, 0.4) is 0 Å². The van der Waals surface area contributed by atoms with E-state index in [-0.39, 0.29) is 0 Å². The van der Waals surface area contributed by atoms with Crippen LogP contribution >= 0.6 is 35.6 Å². The third-order valence-corrected chi connectivity index (χ3v) is 3.93. The lowest BCUT2D eigenvalue weighted by Crippen LogP contribution is -2.00. The maximum atomic E-state index is 6.00. The molecule has 0 amide bonds. The van der Waals surface area contributed by atoms with Crippen LogP contribution in [-0.2, 0) is 6.54 Å². The number of thioether (sulfide) groups is 1. The largest absolute Gasteiger partial charge is 0.331 e. The Morgan fingerprint density at radius 1 is 1.53 bits per heavy atom. The van der Waals surface area contributed by atoms with Crippen LogP contribution in [0, 0.1) is 4.77 Å². The van der Waals surface area contributed by atoms with E-state index in [1.54, 1.807) is 0 Å². The molecule has 0 aliphatic heterocycles. The highest BCUT2D eigenvalue weighted by atomic mass is 35.5. The normalized spacial score (nSPS) is 10.9. The molecule has 2 rings (SSSR count). The van der Waals surface area contributed by atoms with E-state index in [4.69, 9.17) is 23.8 Å². The number of fused-ring (bicyclic) bond motifs is 1. The summed E-state index contributed by atoms with van der Waals surface area (Å²) in [4.78, 5) is 3.18. The van der Waals surface area contributed by atoms with Crippen LogP contribution in [-0.4, -0.2) is 21.1 Å². The van der Waals surface area contributed by atoms with E-state index in [1.165, 1.54) is 0 Å². The second-order valence-electron chi connectivity index (χ2n) is 3.61. The van der Waals surface area contributed by atoms with Gasteiger partial charge in [-0.2, -0.15) is 11.8 Å². The van der Waals surface area contributed by atoms with Gasteiger partial charge in [0.05, 0.1) is 11.0 Å². The first kappa shape index (κ1) is 12.7. The van der Waals surface area contributed by atoms with E-state index >= 15 is 0 Å². The summed E-state index contributed by atoms with van der Waals surface area (Å²) in [6, 6.07) is 5.77. The monoisotopic (exact) mass is 284 g/mol. The maximum Gasteiger partial charge on any atom is 0.178 e. The lowest BCUT2D eigenvalue weighted by atomic mass is 10.3. The van der Waals surface area contributed by atoms with Gasteiger partial charge in [-0.25, -0.2) is 0 Å². The Morgan fingerprint density at radius 3 is 3.12 bits per heavy atom. The van der Waals surface area contributed by atoms with Crippen molar-refractivity contribution >= 4 is 46.6 Å². The first-order chi connectivity index (χ1) is 8.22. The molecule has 90 valence electrons. The molecule has 1 N–H and O–H groups in total. The molecule has 17 heavy (non-hydrogen) atoms. The second kappa shape index (κ2) is 5.76. The third-order valence-electron chi connectivity index (χ3n) is 2.43. The molecule has 1 heterocycles. The molecule has 1 aromatic carbocycles. The van der Waals surface area contributed by atoms with Crippen LogP contribution < -0.4 is 0 Å². The van der Waals surface area contributed by atoms with Gasteiger partial charge in [0.15, 0.2) is 4.77 Å². The zero-order valence-electron chi connectivity index (χ0n) is 9.28. The lowest BCUT2D eigenvalue weighted by molar-refractivity contribution is 0.784. The molecule has 0 bridgehead atoms. The summed E-state index contributed by atoms with van der Waals surface area (Å²) >= 11 is 13.2. The summed E-state index contributed by atoms with van der Waals surface area (Å²) in [5.74, 6) is 1.98. The van der Waals surface area contributed by atoms with Crippen LogP contribution in [0.25, 0.3) is 11.0 Å². The number of hydrogen-bond acceptors (Lipinski definition) is 2. The van der Waals surface area contributed by atoms with Gasteiger partial charge in [-0.05, 0) is 30.4 Å². The Labute approximate surface area is 115 Å². The Balaban J connectivity index is 2.26. The van der Waals surface area contributed by atoms with E-state index in [9.17, 15) is 0 Å². The first-order valence-electron chi connectivity index (χ1n) is 5.29. The fourth-order valence-corrected chi connectivity index (χ4v) is 2.78. The molecule has 0 spiro atoms. The first-order valence-corrected chi connectivity index (χ1v) is 7.23. The van der Waals surface area contributed by atoms with Gasteiger partial charge in [-0.1, -0.05) is 17.7 Å². The Hall–Kier alpha value is -0.710. The zero-order valence-corrected chi connectivity index (χ0v) is 11.7. The Kier molecular flexibility index (Phi) is 4.31. The molecule has 0 unspecified atom stereocenters. The van der Waals surface area contributed by atoms with Gasteiger partial charge in [-0.15, -0.1) is 6.58 Å². The molecule has 0 radical (unpaired) electrons. The summed E-state index contributed by atoms with van der Waals surface area (Å²) in [7, 11) is 0. The predicted octanol–water partition coefficient (Wildman–Crippen LogP) is 4.27. The number of benzene rings is 1. The van der Waals surface area contributed by atoms with Crippen LogP contribution in [0.2, 0.25) is 5.02 Å². The number of hydrogen-bond donors (Lipinski definition) is 1. The Bertz CT molecular complexity index is 586. The molecule has 0 saturated heterocycles. The van der Waals surface area contributed by atoms with Gasteiger partial charge < -0.3 is 9.55 Å². The maximum absolute atomic E-state index is 6.00. The Morgan fingerprint density at radius 2 is 2.35 bits per heavy atom. The van der Waals surface area contributed by atoms with Crippen molar-refractivity contribution in [3.8, 4) is 0 Å². The average Bonchev–Trinajstić information content (AvgIpc) is 2.61. The van der Waals surface area contributed by atoms with Gasteiger partial charge in [-0.3, -0.25) is 0 Å². The van der Waals surface area contributed by atoms with Crippen LogP contribution in [0.1, 0.15) is 0 Å². The minimum Gasteiger partial charge on any atom is -0.331 e. The van der Waals surface area contributed by atoms with Crippen molar-refractivity contribution in [2.24, 2.45) is 0 Å². The number of nitrogens with zero attached hydrogens (tertiary/aromatic N) is 1. The topological polar surface area (TPSA) is 20.7 Å². The molecule has 2 nitrogen and oxygen atoms in total. The minimum atomic E-state index is 0.735. The van der Waals surface area contributed by atoms with Crippen LogP contribution in [0.5, 0.6) is 0 Å². The number of imidazole rings is 1. The molecule has 1 aromatic heterocycles. The number of aromatic nitrogens is 2. The molecular weight excluding hydrogens is 272 g/mol. The smallest absolute Gasteiger partial charge is 0.178 e. The number of H-pyrrole nitrogens is 1. The van der Waals surface area contributed by atoms with E-state index in [2.05, 4.69) is 16.1 Å². The van der Waals surface area contributed by atoms with Gasteiger partial charge in [0.25, 0.3) is 0 Å².